The highest BCUT2D eigenvalue weighted by Crippen LogP contribution is 2.22. The van der Waals surface area contributed by atoms with E-state index in [2.05, 4.69) is 20.1 Å². The van der Waals surface area contributed by atoms with Gasteiger partial charge in [0.2, 0.25) is 0 Å². The molecule has 0 bridgehead atoms. The summed E-state index contributed by atoms with van der Waals surface area (Å²) in [5, 5.41) is 5.70. The van der Waals surface area contributed by atoms with Crippen LogP contribution in [0.5, 0.6) is 0 Å². The second-order valence-corrected chi connectivity index (χ2v) is 5.06. The number of amides is 1. The Morgan fingerprint density at radius 1 is 1.21 bits per heavy atom. The van der Waals surface area contributed by atoms with Gasteiger partial charge in [0.1, 0.15) is 5.70 Å². The molecular formula is C16H19ClN2O5. The molecule has 0 heterocycles. The molecule has 0 spiro atoms. The van der Waals surface area contributed by atoms with Crippen LogP contribution in [-0.4, -0.2) is 38.6 Å². The molecule has 8 heteroatoms. The fourth-order valence-corrected chi connectivity index (χ4v) is 1.90. The van der Waals surface area contributed by atoms with Crippen LogP contribution in [0.3, 0.4) is 0 Å². The smallest absolute Gasteiger partial charge is 0.354 e. The number of carbonyl (C=O) groups excluding carboxylic acids is 3. The molecule has 0 atom stereocenters. The van der Waals surface area contributed by atoms with Crippen molar-refractivity contribution in [1.29, 1.82) is 0 Å². The number of nitrogens with one attached hydrogen (secondary N) is 2. The molecule has 2 N–H and O–H groups in total. The van der Waals surface area contributed by atoms with Crippen molar-refractivity contribution in [2.24, 2.45) is 0 Å². The fraction of sp³-hybridized carbons (Fsp3) is 0.312. The molecule has 1 rings (SSSR count). The summed E-state index contributed by atoms with van der Waals surface area (Å²) in [5.74, 6) is -1.81. The van der Waals surface area contributed by atoms with Crippen molar-refractivity contribution >= 4 is 35.1 Å². The Bertz CT molecular complexity index is 658. The van der Waals surface area contributed by atoms with Crippen molar-refractivity contribution < 1.29 is 23.9 Å². The third-order valence-corrected chi connectivity index (χ3v) is 3.22. The first-order valence-electron chi connectivity index (χ1n) is 7.15. The second-order valence-electron chi connectivity index (χ2n) is 4.65. The number of rotatable bonds is 7. The third-order valence-electron chi connectivity index (χ3n) is 2.89. The number of methoxy groups -OCH3 is 2. The van der Waals surface area contributed by atoms with Gasteiger partial charge in [0, 0.05) is 12.2 Å². The van der Waals surface area contributed by atoms with Gasteiger partial charge in [-0.15, -0.1) is 0 Å². The van der Waals surface area contributed by atoms with E-state index in [0.717, 1.165) is 12.5 Å². The summed E-state index contributed by atoms with van der Waals surface area (Å²) < 4.78 is 9.09. The van der Waals surface area contributed by atoms with Crippen LogP contribution in [-0.2, 0) is 19.1 Å². The number of hydrogen-bond acceptors (Lipinski definition) is 6. The second kappa shape index (κ2) is 9.57. The molecule has 0 aliphatic heterocycles. The predicted molar refractivity (Wildman–Crippen MR) is 89.8 cm³/mol. The molecule has 0 aliphatic carbocycles. The van der Waals surface area contributed by atoms with E-state index < -0.39 is 11.9 Å². The lowest BCUT2D eigenvalue weighted by Gasteiger charge is -2.11. The number of hydrogen-bond donors (Lipinski definition) is 2. The lowest BCUT2D eigenvalue weighted by molar-refractivity contribution is -0.138. The van der Waals surface area contributed by atoms with E-state index >= 15 is 0 Å². The van der Waals surface area contributed by atoms with Crippen LogP contribution < -0.4 is 10.6 Å². The molecule has 0 aromatic heterocycles. The summed E-state index contributed by atoms with van der Waals surface area (Å²) in [6.45, 7) is 2.45. The van der Waals surface area contributed by atoms with Gasteiger partial charge in [0.25, 0.3) is 5.91 Å². The van der Waals surface area contributed by atoms with E-state index in [4.69, 9.17) is 11.6 Å². The Morgan fingerprint density at radius 3 is 2.50 bits per heavy atom. The van der Waals surface area contributed by atoms with Gasteiger partial charge in [-0.05, 0) is 24.6 Å². The van der Waals surface area contributed by atoms with Crippen LogP contribution in [0.15, 0.2) is 30.0 Å². The van der Waals surface area contributed by atoms with E-state index in [0.29, 0.717) is 12.2 Å². The van der Waals surface area contributed by atoms with Gasteiger partial charge in [-0.25, -0.2) is 9.59 Å². The normalized spacial score (nSPS) is 10.8. The van der Waals surface area contributed by atoms with Crippen molar-refractivity contribution in [2.75, 3.05) is 26.1 Å². The standard InChI is InChI=1S/C16H19ClN2O5/c1-4-7-18-15(21)11-8-10(5-6-12(11)17)19-13(16(22)24-3)9-14(20)23-2/h5-6,8-9,19H,4,7H2,1-3H3,(H,18,21)/b13-9+. The van der Waals surface area contributed by atoms with Crippen LogP contribution >= 0.6 is 11.6 Å². The fourth-order valence-electron chi connectivity index (χ4n) is 1.70. The average Bonchev–Trinajstić information content (AvgIpc) is 2.59. The van der Waals surface area contributed by atoms with Gasteiger partial charge in [-0.1, -0.05) is 18.5 Å². The lowest BCUT2D eigenvalue weighted by atomic mass is 10.1. The van der Waals surface area contributed by atoms with E-state index in [9.17, 15) is 14.4 Å². The lowest BCUT2D eigenvalue weighted by Crippen LogP contribution is -2.24. The molecule has 0 aliphatic rings. The van der Waals surface area contributed by atoms with Gasteiger partial charge >= 0.3 is 11.9 Å². The first-order chi connectivity index (χ1) is 11.4. The van der Waals surface area contributed by atoms with Crippen molar-refractivity contribution in [3.8, 4) is 0 Å². The summed E-state index contributed by atoms with van der Waals surface area (Å²) in [5.41, 5.74) is 0.505. The van der Waals surface area contributed by atoms with Crippen molar-refractivity contribution in [3.05, 3.63) is 40.6 Å². The Kier molecular flexibility index (Phi) is 7.77. The van der Waals surface area contributed by atoms with Gasteiger partial charge < -0.3 is 20.1 Å². The number of ether oxygens (including phenoxy) is 2. The number of esters is 2. The van der Waals surface area contributed by atoms with Crippen molar-refractivity contribution in [1.82, 2.24) is 5.32 Å². The zero-order valence-corrected chi connectivity index (χ0v) is 14.4. The van der Waals surface area contributed by atoms with Crippen LogP contribution in [0.1, 0.15) is 23.7 Å². The Hall–Kier alpha value is -2.54. The van der Waals surface area contributed by atoms with Crippen molar-refractivity contribution in [2.45, 2.75) is 13.3 Å². The first-order valence-corrected chi connectivity index (χ1v) is 7.53. The molecule has 1 aromatic rings. The van der Waals surface area contributed by atoms with Crippen LogP contribution in [0.25, 0.3) is 0 Å². The van der Waals surface area contributed by atoms with E-state index in [-0.39, 0.29) is 22.2 Å². The van der Waals surface area contributed by atoms with Gasteiger partial charge in [-0.2, -0.15) is 0 Å². The Labute approximate surface area is 145 Å². The average molecular weight is 355 g/mol. The van der Waals surface area contributed by atoms with Gasteiger partial charge in [0.05, 0.1) is 30.9 Å². The van der Waals surface area contributed by atoms with E-state index in [1.54, 1.807) is 6.07 Å². The summed E-state index contributed by atoms with van der Waals surface area (Å²) in [4.78, 5) is 35.2. The minimum atomic E-state index is -0.757. The SMILES string of the molecule is CCCNC(=O)c1cc(N/C(=C/C(=O)OC)C(=O)OC)ccc1Cl. The molecule has 0 radical (unpaired) electrons. The Morgan fingerprint density at radius 2 is 1.92 bits per heavy atom. The summed E-state index contributed by atoms with van der Waals surface area (Å²) in [7, 11) is 2.37. The number of anilines is 1. The van der Waals surface area contributed by atoms with E-state index in [1.165, 1.54) is 26.4 Å². The zero-order valence-electron chi connectivity index (χ0n) is 13.6. The Balaban J connectivity index is 3.08. The molecule has 7 nitrogen and oxygen atoms in total. The minimum absolute atomic E-state index is 0.133. The molecule has 0 unspecified atom stereocenters. The minimum Gasteiger partial charge on any atom is -0.466 e. The van der Waals surface area contributed by atoms with Gasteiger partial charge in [0.15, 0.2) is 0 Å². The highest BCUT2D eigenvalue weighted by molar-refractivity contribution is 6.34. The topological polar surface area (TPSA) is 93.7 Å². The number of carbonyl (C=O) groups is 3. The summed E-state index contributed by atoms with van der Waals surface area (Å²) in [6.07, 6.45) is 1.74. The maximum Gasteiger partial charge on any atom is 0.354 e. The molecule has 1 amide bonds. The first kappa shape index (κ1) is 19.5. The number of benzene rings is 1. The largest absolute Gasteiger partial charge is 0.466 e. The quantitative estimate of drug-likeness (QED) is 0.575. The highest BCUT2D eigenvalue weighted by atomic mass is 35.5. The monoisotopic (exact) mass is 354 g/mol. The van der Waals surface area contributed by atoms with Crippen LogP contribution in [0.2, 0.25) is 5.02 Å². The predicted octanol–water partition coefficient (Wildman–Crippen LogP) is 2.12. The molecule has 1 aromatic carbocycles. The molecule has 0 saturated carbocycles. The molecule has 0 saturated heterocycles. The molecule has 24 heavy (non-hydrogen) atoms. The summed E-state index contributed by atoms with van der Waals surface area (Å²) in [6, 6.07) is 4.55. The molecule has 130 valence electrons. The third kappa shape index (κ3) is 5.58. The maximum atomic E-state index is 12.1. The number of halogens is 1. The van der Waals surface area contributed by atoms with Gasteiger partial charge in [-0.3, -0.25) is 4.79 Å². The highest BCUT2D eigenvalue weighted by Gasteiger charge is 2.15. The van der Waals surface area contributed by atoms with Crippen molar-refractivity contribution in [3.63, 3.8) is 0 Å². The molecular weight excluding hydrogens is 336 g/mol. The summed E-state index contributed by atoms with van der Waals surface area (Å²) >= 11 is 6.03. The van der Waals surface area contributed by atoms with Crippen LogP contribution in [0, 0.1) is 0 Å². The zero-order chi connectivity index (χ0) is 18.1. The van der Waals surface area contributed by atoms with Crippen LogP contribution in [0.4, 0.5) is 5.69 Å². The molecule has 0 fully saturated rings. The van der Waals surface area contributed by atoms with E-state index in [1.807, 2.05) is 6.92 Å². The maximum absolute atomic E-state index is 12.1.